The van der Waals surface area contributed by atoms with Crippen LogP contribution in [-0.4, -0.2) is 37.1 Å². The summed E-state index contributed by atoms with van der Waals surface area (Å²) in [6, 6.07) is 0. The lowest BCUT2D eigenvalue weighted by atomic mass is 10.3. The van der Waals surface area contributed by atoms with Crippen LogP contribution in [-0.2, 0) is 19.6 Å². The molecular weight excluding hydrogens is 248 g/mol. The standard InChI is InChI=1S/C11H16N6S/c1-2-12-11-9(14-15-18-11)7-16-5-6-17-4-3-13-10(17)8-16/h3-4,12H,2,5-8H2,1H3. The van der Waals surface area contributed by atoms with Crippen molar-refractivity contribution in [1.29, 1.82) is 0 Å². The summed E-state index contributed by atoms with van der Waals surface area (Å²) in [5, 5.41) is 8.60. The molecule has 96 valence electrons. The molecule has 2 aromatic rings. The zero-order valence-electron chi connectivity index (χ0n) is 10.3. The minimum absolute atomic E-state index is 0.839. The number of fused-ring (bicyclic) bond motifs is 1. The van der Waals surface area contributed by atoms with Gasteiger partial charge in [-0.2, -0.15) is 0 Å². The first-order valence-electron chi connectivity index (χ1n) is 6.14. The van der Waals surface area contributed by atoms with E-state index in [4.69, 9.17) is 0 Å². The summed E-state index contributed by atoms with van der Waals surface area (Å²) in [4.78, 5) is 6.73. The maximum Gasteiger partial charge on any atom is 0.134 e. The van der Waals surface area contributed by atoms with Crippen molar-refractivity contribution in [3.8, 4) is 0 Å². The third-order valence-electron chi connectivity index (χ3n) is 3.09. The average molecular weight is 264 g/mol. The van der Waals surface area contributed by atoms with E-state index in [2.05, 4.69) is 36.3 Å². The molecule has 0 aromatic carbocycles. The normalized spacial score (nSPS) is 15.6. The van der Waals surface area contributed by atoms with Gasteiger partial charge in [0.1, 0.15) is 16.5 Å². The molecule has 18 heavy (non-hydrogen) atoms. The Kier molecular flexibility index (Phi) is 3.24. The Balaban J connectivity index is 1.69. The molecule has 0 saturated heterocycles. The number of hydrogen-bond donors (Lipinski definition) is 1. The first kappa shape index (κ1) is 11.6. The zero-order valence-corrected chi connectivity index (χ0v) is 11.2. The molecule has 1 aliphatic heterocycles. The van der Waals surface area contributed by atoms with Crippen LogP contribution in [0.25, 0.3) is 0 Å². The molecule has 0 radical (unpaired) electrons. The number of aromatic nitrogens is 4. The molecule has 3 heterocycles. The molecule has 0 atom stereocenters. The first-order chi connectivity index (χ1) is 8.86. The fourth-order valence-corrected chi connectivity index (χ4v) is 2.82. The molecule has 0 spiro atoms. The molecule has 0 aliphatic carbocycles. The quantitative estimate of drug-likeness (QED) is 0.898. The van der Waals surface area contributed by atoms with Crippen molar-refractivity contribution in [3.63, 3.8) is 0 Å². The van der Waals surface area contributed by atoms with Gasteiger partial charge in [-0.1, -0.05) is 4.49 Å². The monoisotopic (exact) mass is 264 g/mol. The molecule has 1 N–H and O–H groups in total. The topological polar surface area (TPSA) is 58.9 Å². The number of nitrogens with one attached hydrogen (secondary N) is 1. The van der Waals surface area contributed by atoms with E-state index in [9.17, 15) is 0 Å². The SMILES string of the molecule is CCNc1snnc1CN1CCn2ccnc2C1. The molecule has 7 heteroatoms. The van der Waals surface area contributed by atoms with Gasteiger partial charge in [0.25, 0.3) is 0 Å². The molecule has 2 aromatic heterocycles. The van der Waals surface area contributed by atoms with E-state index in [0.29, 0.717) is 0 Å². The van der Waals surface area contributed by atoms with Gasteiger partial charge in [-0.15, -0.1) is 5.10 Å². The zero-order chi connectivity index (χ0) is 12.4. The Morgan fingerprint density at radius 1 is 1.44 bits per heavy atom. The van der Waals surface area contributed by atoms with Crippen molar-refractivity contribution in [3.05, 3.63) is 23.9 Å². The van der Waals surface area contributed by atoms with Crippen LogP contribution >= 0.6 is 11.5 Å². The van der Waals surface area contributed by atoms with Crippen LogP contribution in [0.4, 0.5) is 5.00 Å². The van der Waals surface area contributed by atoms with E-state index in [1.807, 2.05) is 12.4 Å². The van der Waals surface area contributed by atoms with Crippen molar-refractivity contribution in [2.75, 3.05) is 18.4 Å². The highest BCUT2D eigenvalue weighted by Crippen LogP contribution is 2.21. The Bertz CT molecular complexity index is 519. The van der Waals surface area contributed by atoms with Gasteiger partial charge in [-0.25, -0.2) is 4.98 Å². The average Bonchev–Trinajstić information content (AvgIpc) is 2.99. The number of nitrogens with zero attached hydrogens (tertiary/aromatic N) is 5. The lowest BCUT2D eigenvalue weighted by Crippen LogP contribution is -2.33. The molecule has 3 rings (SSSR count). The number of hydrogen-bond acceptors (Lipinski definition) is 6. The molecule has 0 bridgehead atoms. The van der Waals surface area contributed by atoms with Crippen LogP contribution in [0, 0.1) is 0 Å². The third-order valence-corrected chi connectivity index (χ3v) is 3.82. The van der Waals surface area contributed by atoms with Crippen LogP contribution < -0.4 is 5.32 Å². The summed E-state index contributed by atoms with van der Waals surface area (Å²) in [5.74, 6) is 1.13. The largest absolute Gasteiger partial charge is 0.374 e. The van der Waals surface area contributed by atoms with Crippen molar-refractivity contribution in [1.82, 2.24) is 24.0 Å². The first-order valence-corrected chi connectivity index (χ1v) is 6.91. The molecule has 0 fully saturated rings. The van der Waals surface area contributed by atoms with Gasteiger partial charge in [0.15, 0.2) is 0 Å². The van der Waals surface area contributed by atoms with E-state index in [-0.39, 0.29) is 0 Å². The Labute approximate surface area is 110 Å². The summed E-state index contributed by atoms with van der Waals surface area (Å²) in [7, 11) is 0. The lowest BCUT2D eigenvalue weighted by molar-refractivity contribution is 0.207. The Morgan fingerprint density at radius 2 is 2.39 bits per heavy atom. The van der Waals surface area contributed by atoms with Crippen molar-refractivity contribution in [2.45, 2.75) is 26.6 Å². The molecule has 1 aliphatic rings. The highest BCUT2D eigenvalue weighted by molar-refractivity contribution is 7.10. The molecule has 6 nitrogen and oxygen atoms in total. The predicted octanol–water partition coefficient (Wildman–Crippen LogP) is 1.18. The Hall–Kier alpha value is -1.47. The van der Waals surface area contributed by atoms with Crippen LogP contribution in [0.1, 0.15) is 18.4 Å². The minimum Gasteiger partial charge on any atom is -0.374 e. The number of anilines is 1. The van der Waals surface area contributed by atoms with Gasteiger partial charge in [-0.05, 0) is 6.92 Å². The van der Waals surface area contributed by atoms with E-state index in [1.165, 1.54) is 11.5 Å². The van der Waals surface area contributed by atoms with E-state index in [0.717, 1.165) is 49.2 Å². The second-order valence-corrected chi connectivity index (χ2v) is 5.08. The molecular formula is C11H16N6S. The molecule has 0 unspecified atom stereocenters. The van der Waals surface area contributed by atoms with E-state index in [1.54, 1.807) is 0 Å². The van der Waals surface area contributed by atoms with Gasteiger partial charge >= 0.3 is 0 Å². The van der Waals surface area contributed by atoms with E-state index >= 15 is 0 Å². The van der Waals surface area contributed by atoms with Gasteiger partial charge in [0, 0.05) is 50.1 Å². The van der Waals surface area contributed by atoms with E-state index < -0.39 is 0 Å². The van der Waals surface area contributed by atoms with Crippen LogP contribution in [0.5, 0.6) is 0 Å². The highest BCUT2D eigenvalue weighted by atomic mass is 32.1. The van der Waals surface area contributed by atoms with Crippen molar-refractivity contribution in [2.24, 2.45) is 0 Å². The fraction of sp³-hybridized carbons (Fsp3) is 0.545. The van der Waals surface area contributed by atoms with Gasteiger partial charge in [0.05, 0.1) is 6.54 Å². The third kappa shape index (κ3) is 2.23. The maximum atomic E-state index is 4.37. The Morgan fingerprint density at radius 3 is 3.28 bits per heavy atom. The van der Waals surface area contributed by atoms with Crippen LogP contribution in [0.3, 0.4) is 0 Å². The molecule has 0 amide bonds. The number of rotatable bonds is 4. The number of imidazole rings is 1. The smallest absolute Gasteiger partial charge is 0.134 e. The second-order valence-electron chi connectivity index (χ2n) is 4.33. The van der Waals surface area contributed by atoms with Crippen molar-refractivity contribution >= 4 is 16.5 Å². The fourth-order valence-electron chi connectivity index (χ4n) is 2.18. The summed E-state index contributed by atoms with van der Waals surface area (Å²) >= 11 is 1.43. The van der Waals surface area contributed by atoms with Crippen LogP contribution in [0.15, 0.2) is 12.4 Å². The predicted molar refractivity (Wildman–Crippen MR) is 70.4 cm³/mol. The second kappa shape index (κ2) is 5.03. The summed E-state index contributed by atoms with van der Waals surface area (Å²) < 4.78 is 6.23. The minimum atomic E-state index is 0.839. The maximum absolute atomic E-state index is 4.37. The lowest BCUT2D eigenvalue weighted by Gasteiger charge is -2.26. The summed E-state index contributed by atoms with van der Waals surface area (Å²) in [5.41, 5.74) is 1.04. The summed E-state index contributed by atoms with van der Waals surface area (Å²) in [6.45, 7) is 6.75. The van der Waals surface area contributed by atoms with Gasteiger partial charge in [-0.3, -0.25) is 4.90 Å². The summed E-state index contributed by atoms with van der Waals surface area (Å²) in [6.07, 6.45) is 3.91. The van der Waals surface area contributed by atoms with Gasteiger partial charge in [0.2, 0.25) is 0 Å². The molecule has 0 saturated carbocycles. The van der Waals surface area contributed by atoms with Crippen molar-refractivity contribution < 1.29 is 0 Å². The van der Waals surface area contributed by atoms with Gasteiger partial charge < -0.3 is 9.88 Å². The highest BCUT2D eigenvalue weighted by Gasteiger charge is 2.19. The van der Waals surface area contributed by atoms with Crippen LogP contribution in [0.2, 0.25) is 0 Å².